The summed E-state index contributed by atoms with van der Waals surface area (Å²) in [5.41, 5.74) is 0.865. The van der Waals surface area contributed by atoms with Crippen LogP contribution in [0.3, 0.4) is 0 Å². The number of hydrogen-bond acceptors (Lipinski definition) is 5. The van der Waals surface area contributed by atoms with Gasteiger partial charge in [-0.15, -0.1) is 0 Å². The molecule has 1 amide bonds. The van der Waals surface area contributed by atoms with Crippen LogP contribution in [0.2, 0.25) is 0 Å². The number of rotatable bonds is 8. The molecule has 2 aromatic heterocycles. The Kier molecular flexibility index (Phi) is 6.03. The molecule has 0 saturated carbocycles. The van der Waals surface area contributed by atoms with Crippen LogP contribution in [0.15, 0.2) is 41.5 Å². The van der Waals surface area contributed by atoms with E-state index in [-0.39, 0.29) is 24.2 Å². The number of amides is 1. The minimum atomic E-state index is -0.287. The Bertz CT molecular complexity index is 987. The smallest absolute Gasteiger partial charge is 0.344 e. The van der Waals surface area contributed by atoms with Gasteiger partial charge in [0.05, 0.1) is 6.04 Å². The molecule has 0 aliphatic carbocycles. The van der Waals surface area contributed by atoms with Crippen molar-refractivity contribution in [2.24, 2.45) is 7.05 Å². The van der Waals surface area contributed by atoms with Crippen LogP contribution < -0.4 is 11.0 Å². The molecule has 0 fully saturated rings. The first kappa shape index (κ1) is 19.5. The number of nitrogens with zero attached hydrogens (tertiary/aromatic N) is 6. The Balaban J connectivity index is 1.66. The van der Waals surface area contributed by atoms with Gasteiger partial charge in [-0.05, 0) is 25.3 Å². The second kappa shape index (κ2) is 8.64. The van der Waals surface area contributed by atoms with Gasteiger partial charge in [-0.2, -0.15) is 10.2 Å². The molecular formula is C19H25N7O2. The zero-order chi connectivity index (χ0) is 20.1. The Morgan fingerprint density at radius 2 is 2.00 bits per heavy atom. The van der Waals surface area contributed by atoms with E-state index in [1.807, 2.05) is 37.3 Å². The van der Waals surface area contributed by atoms with Gasteiger partial charge in [0.15, 0.2) is 0 Å². The van der Waals surface area contributed by atoms with Crippen LogP contribution in [0.1, 0.15) is 36.6 Å². The Morgan fingerprint density at radius 1 is 1.25 bits per heavy atom. The van der Waals surface area contributed by atoms with Gasteiger partial charge in [0.25, 0.3) is 0 Å². The molecule has 2 heterocycles. The van der Waals surface area contributed by atoms with Crippen LogP contribution in [0.4, 0.5) is 0 Å². The van der Waals surface area contributed by atoms with E-state index in [2.05, 4.69) is 20.5 Å². The third kappa shape index (κ3) is 4.36. The third-order valence-electron chi connectivity index (χ3n) is 4.67. The van der Waals surface area contributed by atoms with Crippen molar-refractivity contribution in [2.45, 2.75) is 45.8 Å². The summed E-state index contributed by atoms with van der Waals surface area (Å²) in [5.74, 6) is 0.978. The predicted molar refractivity (Wildman–Crippen MR) is 104 cm³/mol. The van der Waals surface area contributed by atoms with Crippen molar-refractivity contribution in [3.05, 3.63) is 64.4 Å². The van der Waals surface area contributed by atoms with Gasteiger partial charge in [-0.1, -0.05) is 37.3 Å². The number of aromatic nitrogens is 6. The van der Waals surface area contributed by atoms with Crippen LogP contribution in [0.25, 0.3) is 0 Å². The second-order valence-corrected chi connectivity index (χ2v) is 6.64. The van der Waals surface area contributed by atoms with E-state index in [0.717, 1.165) is 12.0 Å². The molecule has 0 aliphatic heterocycles. The zero-order valence-electron chi connectivity index (χ0n) is 16.4. The predicted octanol–water partition coefficient (Wildman–Crippen LogP) is 0.992. The average Bonchev–Trinajstić information content (AvgIpc) is 3.22. The van der Waals surface area contributed by atoms with Crippen LogP contribution in [-0.2, 0) is 31.4 Å². The molecule has 0 bridgehead atoms. The molecule has 148 valence electrons. The number of hydrogen-bond donors (Lipinski definition) is 1. The lowest BCUT2D eigenvalue weighted by atomic mass is 10.1. The van der Waals surface area contributed by atoms with E-state index in [9.17, 15) is 9.59 Å². The molecule has 1 aromatic carbocycles. The first-order chi connectivity index (χ1) is 13.5. The highest BCUT2D eigenvalue weighted by Crippen LogP contribution is 2.12. The molecule has 9 nitrogen and oxygen atoms in total. The summed E-state index contributed by atoms with van der Waals surface area (Å²) in [6.07, 6.45) is 2.84. The van der Waals surface area contributed by atoms with Crippen LogP contribution >= 0.6 is 0 Å². The van der Waals surface area contributed by atoms with Crippen molar-refractivity contribution in [1.29, 1.82) is 0 Å². The van der Waals surface area contributed by atoms with Crippen molar-refractivity contribution in [1.82, 2.24) is 34.4 Å². The fourth-order valence-corrected chi connectivity index (χ4v) is 3.14. The van der Waals surface area contributed by atoms with Crippen LogP contribution in [-0.4, -0.2) is 35.0 Å². The quantitative estimate of drug-likeness (QED) is 0.625. The standard InChI is InChI=1S/C19H25N7O2/c1-4-16(18-20-13-21-24(18)3)22-17(27)12-26-19(28)25(14(2)23-26)11-10-15-8-6-5-7-9-15/h5-9,13,16H,4,10-12H2,1-3H3,(H,22,27)/t16-/m1/s1. The molecule has 28 heavy (non-hydrogen) atoms. The van der Waals surface area contributed by atoms with Crippen LogP contribution in [0, 0.1) is 6.92 Å². The molecule has 1 N–H and O–H groups in total. The first-order valence-electron chi connectivity index (χ1n) is 9.31. The molecule has 0 spiro atoms. The second-order valence-electron chi connectivity index (χ2n) is 6.64. The molecule has 1 atom stereocenters. The van der Waals surface area contributed by atoms with Crippen molar-refractivity contribution >= 4 is 5.91 Å². The van der Waals surface area contributed by atoms with Gasteiger partial charge in [-0.3, -0.25) is 14.0 Å². The minimum absolute atomic E-state index is 0.133. The first-order valence-corrected chi connectivity index (χ1v) is 9.31. The lowest BCUT2D eigenvalue weighted by Gasteiger charge is -2.15. The normalized spacial score (nSPS) is 12.1. The Morgan fingerprint density at radius 3 is 2.64 bits per heavy atom. The lowest BCUT2D eigenvalue weighted by Crippen LogP contribution is -2.36. The molecule has 3 rings (SSSR count). The number of nitrogens with one attached hydrogen (secondary N) is 1. The van der Waals surface area contributed by atoms with Crippen LogP contribution in [0.5, 0.6) is 0 Å². The SMILES string of the molecule is CC[C@@H](NC(=O)Cn1nc(C)n(CCc2ccccc2)c1=O)c1ncnn1C. The summed E-state index contributed by atoms with van der Waals surface area (Å²) in [5, 5.41) is 11.2. The van der Waals surface area contributed by atoms with Gasteiger partial charge in [0.1, 0.15) is 24.5 Å². The van der Waals surface area contributed by atoms with Gasteiger partial charge in [-0.25, -0.2) is 14.5 Å². The fourth-order valence-electron chi connectivity index (χ4n) is 3.14. The monoisotopic (exact) mass is 383 g/mol. The fraction of sp³-hybridized carbons (Fsp3) is 0.421. The topological polar surface area (TPSA) is 99.6 Å². The third-order valence-corrected chi connectivity index (χ3v) is 4.67. The van der Waals surface area contributed by atoms with Gasteiger partial charge < -0.3 is 5.32 Å². The molecule has 3 aromatic rings. The molecule has 0 saturated heterocycles. The van der Waals surface area contributed by atoms with E-state index in [4.69, 9.17) is 0 Å². The van der Waals surface area contributed by atoms with E-state index in [0.29, 0.717) is 24.6 Å². The minimum Gasteiger partial charge on any atom is -0.344 e. The lowest BCUT2D eigenvalue weighted by molar-refractivity contribution is -0.122. The summed E-state index contributed by atoms with van der Waals surface area (Å²) in [6, 6.07) is 9.69. The molecule has 0 unspecified atom stereocenters. The number of carbonyl (C=O) groups is 1. The number of benzene rings is 1. The van der Waals surface area contributed by atoms with Crippen molar-refractivity contribution in [3.63, 3.8) is 0 Å². The van der Waals surface area contributed by atoms with E-state index in [1.54, 1.807) is 23.2 Å². The molecular weight excluding hydrogens is 358 g/mol. The summed E-state index contributed by atoms with van der Waals surface area (Å²) in [6.45, 7) is 4.11. The van der Waals surface area contributed by atoms with Gasteiger partial charge in [0.2, 0.25) is 5.91 Å². The van der Waals surface area contributed by atoms with E-state index < -0.39 is 0 Å². The highest BCUT2D eigenvalue weighted by Gasteiger charge is 2.19. The highest BCUT2D eigenvalue weighted by atomic mass is 16.2. The summed E-state index contributed by atoms with van der Waals surface area (Å²) in [4.78, 5) is 29.3. The van der Waals surface area contributed by atoms with E-state index in [1.165, 1.54) is 11.0 Å². The van der Waals surface area contributed by atoms with Gasteiger partial charge in [0, 0.05) is 13.6 Å². The Hall–Kier alpha value is -3.23. The van der Waals surface area contributed by atoms with E-state index >= 15 is 0 Å². The molecule has 0 aliphatic rings. The number of carbonyl (C=O) groups excluding carboxylic acids is 1. The highest BCUT2D eigenvalue weighted by molar-refractivity contribution is 5.76. The van der Waals surface area contributed by atoms with Gasteiger partial charge >= 0.3 is 5.69 Å². The molecule has 9 heteroatoms. The Labute approximate surface area is 163 Å². The van der Waals surface area contributed by atoms with Crippen molar-refractivity contribution in [2.75, 3.05) is 0 Å². The summed E-state index contributed by atoms with van der Waals surface area (Å²) in [7, 11) is 1.78. The maximum Gasteiger partial charge on any atom is 0.346 e. The van der Waals surface area contributed by atoms with Crippen molar-refractivity contribution < 1.29 is 4.79 Å². The summed E-state index contributed by atoms with van der Waals surface area (Å²) < 4.78 is 4.43. The summed E-state index contributed by atoms with van der Waals surface area (Å²) >= 11 is 0. The molecule has 0 radical (unpaired) electrons. The maximum atomic E-state index is 12.6. The zero-order valence-corrected chi connectivity index (χ0v) is 16.4. The number of aryl methyl sites for hydroxylation is 3. The maximum absolute atomic E-state index is 12.6. The van der Waals surface area contributed by atoms with Crippen molar-refractivity contribution in [3.8, 4) is 0 Å². The largest absolute Gasteiger partial charge is 0.346 e. The average molecular weight is 383 g/mol.